The van der Waals surface area contributed by atoms with Crippen LogP contribution in [0.3, 0.4) is 0 Å². The Hall–Kier alpha value is -1.46. The lowest BCUT2D eigenvalue weighted by Crippen LogP contribution is -2.47. The summed E-state index contributed by atoms with van der Waals surface area (Å²) in [6.07, 6.45) is 3.64. The molecule has 0 bridgehead atoms. The molecule has 0 spiro atoms. The highest BCUT2D eigenvalue weighted by Gasteiger charge is 2.24. The van der Waals surface area contributed by atoms with E-state index in [9.17, 15) is 4.79 Å². The first-order chi connectivity index (χ1) is 9.10. The predicted molar refractivity (Wildman–Crippen MR) is 74.7 cm³/mol. The van der Waals surface area contributed by atoms with E-state index < -0.39 is 0 Å². The van der Waals surface area contributed by atoms with E-state index in [1.54, 1.807) is 12.3 Å². The molecule has 1 aliphatic rings. The van der Waals surface area contributed by atoms with Crippen LogP contribution in [0.25, 0.3) is 0 Å². The van der Waals surface area contributed by atoms with Crippen molar-refractivity contribution in [3.8, 4) is 0 Å². The van der Waals surface area contributed by atoms with Crippen molar-refractivity contribution < 1.29 is 4.79 Å². The van der Waals surface area contributed by atoms with Crippen LogP contribution < -0.4 is 11.1 Å². The van der Waals surface area contributed by atoms with Gasteiger partial charge in [-0.1, -0.05) is 6.07 Å². The van der Waals surface area contributed by atoms with Gasteiger partial charge in [0.15, 0.2) is 0 Å². The number of hydrogen-bond acceptors (Lipinski definition) is 4. The van der Waals surface area contributed by atoms with Crippen LogP contribution in [0.2, 0.25) is 0 Å². The number of nitrogens with one attached hydrogen (secondary N) is 1. The van der Waals surface area contributed by atoms with Gasteiger partial charge in [0, 0.05) is 31.4 Å². The fourth-order valence-electron chi connectivity index (χ4n) is 2.36. The Balaban J connectivity index is 1.93. The van der Waals surface area contributed by atoms with E-state index in [0.29, 0.717) is 18.3 Å². The number of likely N-dealkylation sites (tertiary alicyclic amines) is 1. The van der Waals surface area contributed by atoms with E-state index in [-0.39, 0.29) is 11.9 Å². The lowest BCUT2D eigenvalue weighted by atomic mass is 9.99. The number of carbonyl (C=O) groups excluding carboxylic acids is 1. The zero-order valence-corrected chi connectivity index (χ0v) is 11.6. The lowest BCUT2D eigenvalue weighted by Gasteiger charge is -2.35. The number of hydrogen-bond donors (Lipinski definition) is 2. The van der Waals surface area contributed by atoms with Gasteiger partial charge in [0.25, 0.3) is 5.91 Å². The molecule has 0 radical (unpaired) electrons. The Morgan fingerprint density at radius 2 is 2.37 bits per heavy atom. The highest BCUT2D eigenvalue weighted by atomic mass is 16.1. The number of nitrogens with zero attached hydrogens (tertiary/aromatic N) is 2. The molecule has 1 aromatic heterocycles. The summed E-state index contributed by atoms with van der Waals surface area (Å²) >= 11 is 0. The smallest absolute Gasteiger partial charge is 0.270 e. The minimum absolute atomic E-state index is 0.0923. The quantitative estimate of drug-likeness (QED) is 0.843. The monoisotopic (exact) mass is 262 g/mol. The maximum absolute atomic E-state index is 12.1. The van der Waals surface area contributed by atoms with Crippen LogP contribution in [0.4, 0.5) is 0 Å². The second-order valence-corrected chi connectivity index (χ2v) is 5.28. The maximum atomic E-state index is 12.1. The van der Waals surface area contributed by atoms with Crippen molar-refractivity contribution in [2.45, 2.75) is 38.4 Å². The second kappa shape index (κ2) is 6.12. The van der Waals surface area contributed by atoms with Gasteiger partial charge in [-0.05, 0) is 38.4 Å². The van der Waals surface area contributed by atoms with Gasteiger partial charge in [-0.2, -0.15) is 0 Å². The molecule has 1 fully saturated rings. The van der Waals surface area contributed by atoms with E-state index in [1.165, 1.54) is 0 Å². The van der Waals surface area contributed by atoms with E-state index >= 15 is 0 Å². The van der Waals surface area contributed by atoms with Gasteiger partial charge in [0.1, 0.15) is 5.69 Å². The van der Waals surface area contributed by atoms with Crippen LogP contribution in [-0.4, -0.2) is 41.5 Å². The van der Waals surface area contributed by atoms with Gasteiger partial charge >= 0.3 is 0 Å². The summed E-state index contributed by atoms with van der Waals surface area (Å²) in [6, 6.07) is 4.33. The highest BCUT2D eigenvalue weighted by Crippen LogP contribution is 2.15. The summed E-state index contributed by atoms with van der Waals surface area (Å²) in [5.41, 5.74) is 6.91. The van der Waals surface area contributed by atoms with Gasteiger partial charge in [-0.15, -0.1) is 0 Å². The lowest BCUT2D eigenvalue weighted by molar-refractivity contribution is 0.0891. The molecule has 2 rings (SSSR count). The molecular weight excluding hydrogens is 240 g/mol. The number of carbonyl (C=O) groups is 1. The van der Waals surface area contributed by atoms with Crippen LogP contribution in [0.1, 0.15) is 35.8 Å². The van der Waals surface area contributed by atoms with Crippen molar-refractivity contribution in [2.75, 3.05) is 13.6 Å². The summed E-state index contributed by atoms with van der Waals surface area (Å²) in [4.78, 5) is 18.5. The molecule has 1 aromatic rings. The minimum Gasteiger partial charge on any atom is -0.348 e. The molecule has 104 valence electrons. The fourth-order valence-corrected chi connectivity index (χ4v) is 2.36. The SMILES string of the molecule is CC1CC(NC(=O)c2ccc(CN)cn2)CCN1C. The third-order valence-electron chi connectivity index (χ3n) is 3.84. The molecule has 2 unspecified atom stereocenters. The molecule has 19 heavy (non-hydrogen) atoms. The summed E-state index contributed by atoms with van der Waals surface area (Å²) < 4.78 is 0. The van der Waals surface area contributed by atoms with Crippen LogP contribution >= 0.6 is 0 Å². The van der Waals surface area contributed by atoms with Gasteiger partial charge in [-0.3, -0.25) is 9.78 Å². The molecule has 0 aromatic carbocycles. The van der Waals surface area contributed by atoms with Crippen LogP contribution in [-0.2, 0) is 6.54 Å². The Labute approximate surface area is 114 Å². The number of pyridine rings is 1. The largest absolute Gasteiger partial charge is 0.348 e. The number of nitrogens with two attached hydrogens (primary N) is 1. The van der Waals surface area contributed by atoms with Gasteiger partial charge in [-0.25, -0.2) is 0 Å². The summed E-state index contributed by atoms with van der Waals surface area (Å²) in [5, 5.41) is 3.06. The van der Waals surface area contributed by atoms with Crippen LogP contribution in [0, 0.1) is 0 Å². The molecule has 3 N–H and O–H groups in total. The van der Waals surface area contributed by atoms with Gasteiger partial charge < -0.3 is 16.0 Å². The molecule has 0 saturated carbocycles. The molecule has 1 amide bonds. The first-order valence-corrected chi connectivity index (χ1v) is 6.76. The van der Waals surface area contributed by atoms with Crippen molar-refractivity contribution in [2.24, 2.45) is 5.73 Å². The zero-order chi connectivity index (χ0) is 13.8. The van der Waals surface area contributed by atoms with E-state index in [1.807, 2.05) is 6.07 Å². The van der Waals surface area contributed by atoms with E-state index in [2.05, 4.69) is 29.2 Å². The molecule has 1 aliphatic heterocycles. The minimum atomic E-state index is -0.0923. The first kappa shape index (κ1) is 14.0. The van der Waals surface area contributed by atoms with E-state index in [0.717, 1.165) is 24.9 Å². The molecule has 0 aliphatic carbocycles. The molecule has 5 nitrogen and oxygen atoms in total. The summed E-state index contributed by atoms with van der Waals surface area (Å²) in [6.45, 7) is 3.65. The topological polar surface area (TPSA) is 71.2 Å². The molecule has 1 saturated heterocycles. The third-order valence-corrected chi connectivity index (χ3v) is 3.84. The molecule has 2 atom stereocenters. The third kappa shape index (κ3) is 3.52. The summed E-state index contributed by atoms with van der Waals surface area (Å²) in [7, 11) is 2.12. The van der Waals surface area contributed by atoms with Crippen molar-refractivity contribution in [1.29, 1.82) is 0 Å². The average Bonchev–Trinajstić information content (AvgIpc) is 2.43. The Kier molecular flexibility index (Phi) is 4.50. The van der Waals surface area contributed by atoms with Gasteiger partial charge in [0.05, 0.1) is 0 Å². The Morgan fingerprint density at radius 1 is 1.58 bits per heavy atom. The standard InChI is InChI=1S/C14H22N4O/c1-10-7-12(5-6-18(10)2)17-14(19)13-4-3-11(8-15)9-16-13/h3-4,9-10,12H,5-8,15H2,1-2H3,(H,17,19). The Bertz CT molecular complexity index is 432. The van der Waals surface area contributed by atoms with Crippen LogP contribution in [0.15, 0.2) is 18.3 Å². The van der Waals surface area contributed by atoms with Crippen molar-refractivity contribution in [3.05, 3.63) is 29.6 Å². The number of rotatable bonds is 3. The average molecular weight is 262 g/mol. The molecular formula is C14H22N4O. The number of amides is 1. The number of piperidine rings is 1. The normalized spacial score (nSPS) is 24.2. The fraction of sp³-hybridized carbons (Fsp3) is 0.571. The van der Waals surface area contributed by atoms with Gasteiger partial charge in [0.2, 0.25) is 0 Å². The first-order valence-electron chi connectivity index (χ1n) is 6.76. The van der Waals surface area contributed by atoms with Crippen molar-refractivity contribution in [1.82, 2.24) is 15.2 Å². The molecule has 2 heterocycles. The number of aromatic nitrogens is 1. The predicted octanol–water partition coefficient (Wildman–Crippen LogP) is 0.753. The highest BCUT2D eigenvalue weighted by molar-refractivity contribution is 5.92. The second-order valence-electron chi connectivity index (χ2n) is 5.28. The summed E-state index contributed by atoms with van der Waals surface area (Å²) in [5.74, 6) is -0.0923. The van der Waals surface area contributed by atoms with E-state index in [4.69, 9.17) is 5.73 Å². The van der Waals surface area contributed by atoms with Crippen molar-refractivity contribution in [3.63, 3.8) is 0 Å². The Morgan fingerprint density at radius 3 is 2.95 bits per heavy atom. The molecule has 5 heteroatoms. The zero-order valence-electron chi connectivity index (χ0n) is 11.6. The maximum Gasteiger partial charge on any atom is 0.270 e. The van der Waals surface area contributed by atoms with Crippen molar-refractivity contribution >= 4 is 5.91 Å². The van der Waals surface area contributed by atoms with Crippen LogP contribution in [0.5, 0.6) is 0 Å².